The Morgan fingerprint density at radius 2 is 1.60 bits per heavy atom. The molecule has 0 heterocycles. The van der Waals surface area contributed by atoms with Gasteiger partial charge in [-0.3, -0.25) is 13.9 Å². The molecule has 3 rings (SSSR count). The van der Waals surface area contributed by atoms with Crippen molar-refractivity contribution >= 4 is 50.7 Å². The van der Waals surface area contributed by atoms with Crippen LogP contribution in [0.1, 0.15) is 43.4 Å². The van der Waals surface area contributed by atoms with Crippen molar-refractivity contribution in [3.8, 4) is 0 Å². The van der Waals surface area contributed by atoms with Crippen LogP contribution in [0.5, 0.6) is 0 Å². The minimum atomic E-state index is -4.24. The fourth-order valence-corrected chi connectivity index (χ4v) is 6.20. The minimum Gasteiger partial charge on any atom is -0.354 e. The number of hydrogen-bond donors (Lipinski definition) is 1. The summed E-state index contributed by atoms with van der Waals surface area (Å²) in [6, 6.07) is 17.8. The van der Waals surface area contributed by atoms with E-state index in [9.17, 15) is 18.0 Å². The molecule has 1 N–H and O–H groups in total. The zero-order valence-electron chi connectivity index (χ0n) is 23.2. The molecule has 0 aliphatic heterocycles. The molecule has 3 aromatic rings. The lowest BCUT2D eigenvalue weighted by atomic mass is 10.1. The maximum Gasteiger partial charge on any atom is 0.264 e. The van der Waals surface area contributed by atoms with E-state index in [1.54, 1.807) is 24.3 Å². The molecule has 10 heteroatoms. The van der Waals surface area contributed by atoms with Crippen LogP contribution in [0.15, 0.2) is 71.6 Å². The number of rotatable bonds is 12. The molecular weight excluding hydrogens is 569 g/mol. The summed E-state index contributed by atoms with van der Waals surface area (Å²) in [6.45, 7) is 7.57. The number of aryl methyl sites for hydroxylation is 2. The maximum absolute atomic E-state index is 14.1. The molecule has 7 nitrogen and oxygen atoms in total. The van der Waals surface area contributed by atoms with Crippen LogP contribution >= 0.6 is 23.2 Å². The van der Waals surface area contributed by atoms with Gasteiger partial charge in [-0.1, -0.05) is 90.6 Å². The first-order valence-electron chi connectivity index (χ1n) is 13.2. The maximum atomic E-state index is 14.1. The molecule has 40 heavy (non-hydrogen) atoms. The Labute approximate surface area is 247 Å². The van der Waals surface area contributed by atoms with E-state index in [0.29, 0.717) is 13.0 Å². The Hall–Kier alpha value is -3.07. The molecule has 0 saturated carbocycles. The number of benzene rings is 3. The van der Waals surface area contributed by atoms with Crippen molar-refractivity contribution in [2.75, 3.05) is 17.4 Å². The Bertz CT molecular complexity index is 1450. The second-order valence-corrected chi connectivity index (χ2v) is 12.3. The van der Waals surface area contributed by atoms with E-state index in [4.69, 9.17) is 23.2 Å². The van der Waals surface area contributed by atoms with E-state index >= 15 is 0 Å². The average Bonchev–Trinajstić information content (AvgIpc) is 2.92. The Morgan fingerprint density at radius 1 is 0.925 bits per heavy atom. The smallest absolute Gasteiger partial charge is 0.264 e. The van der Waals surface area contributed by atoms with Crippen LogP contribution < -0.4 is 9.62 Å². The van der Waals surface area contributed by atoms with Crippen molar-refractivity contribution in [1.82, 2.24) is 10.2 Å². The second kappa shape index (κ2) is 14.0. The fourth-order valence-electron chi connectivity index (χ4n) is 4.33. The molecule has 0 spiro atoms. The highest BCUT2D eigenvalue weighted by Gasteiger charge is 2.34. The first-order chi connectivity index (χ1) is 19.0. The quantitative estimate of drug-likeness (QED) is 0.269. The molecule has 0 fully saturated rings. The zero-order valence-corrected chi connectivity index (χ0v) is 25.5. The lowest BCUT2D eigenvalue weighted by Gasteiger charge is -2.33. The van der Waals surface area contributed by atoms with Crippen molar-refractivity contribution in [2.45, 2.75) is 58.0 Å². The molecule has 0 unspecified atom stereocenters. The van der Waals surface area contributed by atoms with Crippen LogP contribution in [-0.4, -0.2) is 44.3 Å². The van der Waals surface area contributed by atoms with Crippen molar-refractivity contribution in [3.05, 3.63) is 93.5 Å². The van der Waals surface area contributed by atoms with Gasteiger partial charge in [0.05, 0.1) is 20.6 Å². The molecule has 0 bridgehead atoms. The monoisotopic (exact) mass is 603 g/mol. The van der Waals surface area contributed by atoms with E-state index in [1.807, 2.05) is 52.0 Å². The first kappa shape index (κ1) is 31.5. The summed E-state index contributed by atoms with van der Waals surface area (Å²) in [7, 11) is -4.24. The standard InChI is InChI=1S/C30H35Cl2N3O4S/c1-5-17-33-30(37)26(6-2)34(19-23-10-7-9-22(4)18-23)28(36)20-35(27-12-8-11-25(31)29(27)32)40(38,39)24-15-13-21(3)14-16-24/h7-16,18,26H,5-6,17,19-20H2,1-4H3,(H,33,37)/t26-/m1/s1. The molecule has 0 aliphatic rings. The van der Waals surface area contributed by atoms with Crippen LogP contribution in [0.3, 0.4) is 0 Å². The minimum absolute atomic E-state index is 0.0000864. The summed E-state index contributed by atoms with van der Waals surface area (Å²) in [5, 5.41) is 3.03. The summed E-state index contributed by atoms with van der Waals surface area (Å²) in [6.07, 6.45) is 1.08. The Balaban J connectivity index is 2.10. The van der Waals surface area contributed by atoms with E-state index in [1.165, 1.54) is 23.1 Å². The predicted octanol–water partition coefficient (Wildman–Crippen LogP) is 6.14. The van der Waals surface area contributed by atoms with Gasteiger partial charge < -0.3 is 10.2 Å². The van der Waals surface area contributed by atoms with Gasteiger partial charge in [0, 0.05) is 13.1 Å². The predicted molar refractivity (Wildman–Crippen MR) is 161 cm³/mol. The summed E-state index contributed by atoms with van der Waals surface area (Å²) >= 11 is 12.7. The van der Waals surface area contributed by atoms with Gasteiger partial charge in [0.15, 0.2) is 0 Å². The van der Waals surface area contributed by atoms with Crippen LogP contribution in [-0.2, 0) is 26.2 Å². The molecule has 0 aromatic heterocycles. The second-order valence-electron chi connectivity index (χ2n) is 9.62. The molecule has 0 aliphatic carbocycles. The van der Waals surface area contributed by atoms with Crippen molar-refractivity contribution in [1.29, 1.82) is 0 Å². The third-order valence-electron chi connectivity index (χ3n) is 6.46. The number of anilines is 1. The third-order valence-corrected chi connectivity index (χ3v) is 9.04. The van der Waals surface area contributed by atoms with Gasteiger partial charge in [-0.2, -0.15) is 0 Å². The Kier molecular flexibility index (Phi) is 11.0. The largest absolute Gasteiger partial charge is 0.354 e. The van der Waals surface area contributed by atoms with Gasteiger partial charge >= 0.3 is 0 Å². The SMILES string of the molecule is CCCNC(=O)[C@@H](CC)N(Cc1cccc(C)c1)C(=O)CN(c1cccc(Cl)c1Cl)S(=O)(=O)c1ccc(C)cc1. The molecule has 1 atom stereocenters. The van der Waals surface area contributed by atoms with Gasteiger partial charge in [0.1, 0.15) is 12.6 Å². The number of nitrogens with one attached hydrogen (secondary N) is 1. The van der Waals surface area contributed by atoms with Gasteiger partial charge in [-0.25, -0.2) is 8.42 Å². The van der Waals surface area contributed by atoms with Gasteiger partial charge in [-0.05, 0) is 56.5 Å². The van der Waals surface area contributed by atoms with Gasteiger partial charge in [-0.15, -0.1) is 0 Å². The van der Waals surface area contributed by atoms with Crippen molar-refractivity contribution in [2.24, 2.45) is 0 Å². The summed E-state index contributed by atoms with van der Waals surface area (Å²) in [5.74, 6) is -0.842. The van der Waals surface area contributed by atoms with E-state index in [0.717, 1.165) is 27.4 Å². The highest BCUT2D eigenvalue weighted by Crippen LogP contribution is 2.35. The summed E-state index contributed by atoms with van der Waals surface area (Å²) < 4.78 is 28.9. The number of nitrogens with zero attached hydrogens (tertiary/aromatic N) is 2. The molecular formula is C30H35Cl2N3O4S. The highest BCUT2D eigenvalue weighted by molar-refractivity contribution is 7.92. The molecule has 0 radical (unpaired) electrons. The summed E-state index contributed by atoms with van der Waals surface area (Å²) in [5.41, 5.74) is 2.78. The average molecular weight is 605 g/mol. The molecule has 3 aromatic carbocycles. The fraction of sp³-hybridized carbons (Fsp3) is 0.333. The molecule has 214 valence electrons. The lowest BCUT2D eigenvalue weighted by Crippen LogP contribution is -2.52. The number of carbonyl (C=O) groups is 2. The third kappa shape index (κ3) is 7.56. The first-order valence-corrected chi connectivity index (χ1v) is 15.3. The topological polar surface area (TPSA) is 86.8 Å². The number of sulfonamides is 1. The highest BCUT2D eigenvalue weighted by atomic mass is 35.5. The summed E-state index contributed by atoms with van der Waals surface area (Å²) in [4.78, 5) is 28.7. The Morgan fingerprint density at radius 3 is 2.23 bits per heavy atom. The molecule has 2 amide bonds. The number of amides is 2. The normalized spacial score (nSPS) is 12.1. The number of halogens is 2. The van der Waals surface area contributed by atoms with E-state index in [2.05, 4.69) is 5.32 Å². The molecule has 0 saturated heterocycles. The van der Waals surface area contributed by atoms with Crippen LogP contribution in [0.2, 0.25) is 10.0 Å². The van der Waals surface area contributed by atoms with Crippen molar-refractivity contribution < 1.29 is 18.0 Å². The zero-order chi connectivity index (χ0) is 29.4. The van der Waals surface area contributed by atoms with E-state index < -0.39 is 28.5 Å². The van der Waals surface area contributed by atoms with Crippen molar-refractivity contribution in [3.63, 3.8) is 0 Å². The van der Waals surface area contributed by atoms with Crippen LogP contribution in [0, 0.1) is 13.8 Å². The van der Waals surface area contributed by atoms with E-state index in [-0.39, 0.29) is 33.1 Å². The van der Waals surface area contributed by atoms with Gasteiger partial charge in [0.25, 0.3) is 10.0 Å². The van der Waals surface area contributed by atoms with Crippen LogP contribution in [0.25, 0.3) is 0 Å². The van der Waals surface area contributed by atoms with Gasteiger partial charge in [0.2, 0.25) is 11.8 Å². The van der Waals surface area contributed by atoms with Crippen LogP contribution in [0.4, 0.5) is 5.69 Å². The number of carbonyl (C=O) groups excluding carboxylic acids is 2. The number of hydrogen-bond acceptors (Lipinski definition) is 4. The lowest BCUT2D eigenvalue weighted by molar-refractivity contribution is -0.140.